The third kappa shape index (κ3) is 6.70. The largest absolute Gasteiger partial charge is 0.450 e. The molecule has 53 heavy (non-hydrogen) atoms. The molecule has 4 atom stereocenters. The van der Waals surface area contributed by atoms with Gasteiger partial charge in [-0.25, -0.2) is 19.7 Å². The number of pyridine rings is 1. The zero-order valence-electron chi connectivity index (χ0n) is 29.7. The fraction of sp³-hybridized carbons (Fsp3) is 0.459. The lowest BCUT2D eigenvalue weighted by molar-refractivity contribution is -0.141. The van der Waals surface area contributed by atoms with Crippen molar-refractivity contribution in [2.24, 2.45) is 11.3 Å². The number of ether oxygens (including phenoxy) is 1. The number of amides is 3. The maximum absolute atomic E-state index is 14.5. The average Bonchev–Trinajstić information content (AvgIpc) is 3.37. The maximum atomic E-state index is 14.5. The number of hydrogen-bond donors (Lipinski definition) is 2. The van der Waals surface area contributed by atoms with E-state index in [9.17, 15) is 32.3 Å². The van der Waals surface area contributed by atoms with Crippen LogP contribution in [0.15, 0.2) is 36.7 Å². The highest BCUT2D eigenvalue weighted by Crippen LogP contribution is 2.64. The van der Waals surface area contributed by atoms with Gasteiger partial charge in [0.15, 0.2) is 5.78 Å². The number of rotatable bonds is 4. The lowest BCUT2D eigenvalue weighted by Crippen LogP contribution is -2.47. The van der Waals surface area contributed by atoms with Crippen molar-refractivity contribution in [3.05, 3.63) is 65.0 Å². The first-order valence-corrected chi connectivity index (χ1v) is 17.6. The fourth-order valence-corrected chi connectivity index (χ4v) is 7.98. The van der Waals surface area contributed by atoms with Gasteiger partial charge in [-0.2, -0.15) is 18.3 Å². The van der Waals surface area contributed by atoms with Gasteiger partial charge >= 0.3 is 12.3 Å². The van der Waals surface area contributed by atoms with Crippen LogP contribution < -0.4 is 10.6 Å². The molecule has 13 nitrogen and oxygen atoms in total. The summed E-state index contributed by atoms with van der Waals surface area (Å²) >= 11 is 0. The highest BCUT2D eigenvalue weighted by atomic mass is 19.4. The summed E-state index contributed by atoms with van der Waals surface area (Å²) in [4.78, 5) is 68.1. The van der Waals surface area contributed by atoms with Gasteiger partial charge in [-0.15, -0.1) is 0 Å². The van der Waals surface area contributed by atoms with Gasteiger partial charge in [0.25, 0.3) is 0 Å². The molecule has 4 aromatic rings. The number of aromatic nitrogens is 5. The number of cyclic esters (lactones) is 1. The van der Waals surface area contributed by atoms with Crippen molar-refractivity contribution in [2.75, 3.05) is 18.5 Å². The first kappa shape index (κ1) is 36.0. The van der Waals surface area contributed by atoms with E-state index in [2.05, 4.69) is 30.7 Å². The Hall–Kier alpha value is -5.41. The van der Waals surface area contributed by atoms with Crippen LogP contribution in [0, 0.1) is 25.2 Å². The number of halogens is 3. The summed E-state index contributed by atoms with van der Waals surface area (Å²) in [7, 11) is 0. The molecule has 3 amide bonds. The van der Waals surface area contributed by atoms with Crippen LogP contribution in [0.25, 0.3) is 22.0 Å². The Balaban J connectivity index is 1.30. The van der Waals surface area contributed by atoms with Crippen molar-refractivity contribution in [1.82, 2.24) is 34.9 Å². The second-order valence-electron chi connectivity index (χ2n) is 14.2. The van der Waals surface area contributed by atoms with Crippen LogP contribution in [0.1, 0.15) is 72.7 Å². The summed E-state index contributed by atoms with van der Waals surface area (Å²) < 4.78 is 47.5. The number of hydrogen-bond acceptors (Lipinski definition) is 9. The van der Waals surface area contributed by atoms with Gasteiger partial charge in [-0.3, -0.25) is 19.1 Å². The molecule has 2 bridgehead atoms. The Bertz CT molecular complexity index is 2140. The number of carbonyl (C=O) groups excluding carboxylic acids is 4. The van der Waals surface area contributed by atoms with Crippen LogP contribution in [-0.2, 0) is 33.5 Å². The molecule has 0 spiro atoms. The molecule has 7 rings (SSSR count). The van der Waals surface area contributed by atoms with Crippen molar-refractivity contribution in [3.8, 4) is 11.1 Å². The van der Waals surface area contributed by atoms with Gasteiger partial charge < -0.3 is 20.3 Å². The lowest BCUT2D eigenvalue weighted by Gasteiger charge is -2.28. The molecule has 2 unspecified atom stereocenters. The van der Waals surface area contributed by atoms with Gasteiger partial charge in [0, 0.05) is 48.3 Å². The van der Waals surface area contributed by atoms with Gasteiger partial charge in [0.2, 0.25) is 11.8 Å². The second kappa shape index (κ2) is 13.5. The number of alkyl halides is 3. The first-order chi connectivity index (χ1) is 25.2. The summed E-state index contributed by atoms with van der Waals surface area (Å²) in [6.45, 7) is 6.65. The maximum Gasteiger partial charge on any atom is 0.433 e. The molecule has 5 heterocycles. The minimum atomic E-state index is -4.73. The molecule has 1 saturated heterocycles. The average molecular weight is 733 g/mol. The van der Waals surface area contributed by atoms with E-state index in [4.69, 9.17) is 4.74 Å². The summed E-state index contributed by atoms with van der Waals surface area (Å²) in [5.74, 6) is -1.25. The fourth-order valence-electron chi connectivity index (χ4n) is 7.98. The highest BCUT2D eigenvalue weighted by molar-refractivity contribution is 6.07. The third-order valence-corrected chi connectivity index (χ3v) is 10.8. The number of nitrogens with one attached hydrogen (secondary N) is 2. The van der Waals surface area contributed by atoms with E-state index >= 15 is 0 Å². The van der Waals surface area contributed by atoms with Crippen molar-refractivity contribution in [1.29, 1.82) is 0 Å². The third-order valence-electron chi connectivity index (χ3n) is 10.8. The van der Waals surface area contributed by atoms with Crippen LogP contribution in [0.3, 0.4) is 0 Å². The van der Waals surface area contributed by atoms with Crippen LogP contribution in [-0.4, -0.2) is 78.6 Å². The molecule has 3 aliphatic rings. The van der Waals surface area contributed by atoms with E-state index in [0.717, 1.165) is 29.2 Å². The van der Waals surface area contributed by atoms with E-state index in [-0.39, 0.29) is 49.3 Å². The Morgan fingerprint density at radius 3 is 2.53 bits per heavy atom. The van der Waals surface area contributed by atoms with Gasteiger partial charge in [0.05, 0.1) is 12.1 Å². The number of Topliss-reactive ketones (excluding diaryl/α,β-unsaturated/α-hetero) is 1. The molecule has 16 heteroatoms. The topological polar surface area (TPSA) is 161 Å². The molecule has 1 aliphatic carbocycles. The number of alkyl carbamates (subject to hydrolysis) is 1. The number of piperidine rings is 1. The lowest BCUT2D eigenvalue weighted by atomic mass is 9.95. The molecule has 278 valence electrons. The summed E-state index contributed by atoms with van der Waals surface area (Å²) in [6.07, 6.45) is 0.831. The van der Waals surface area contributed by atoms with Crippen LogP contribution in [0.5, 0.6) is 0 Å². The Morgan fingerprint density at radius 1 is 1.06 bits per heavy atom. The SMILES string of the molecule is CC(=O)c1nn2c3c(cc(-c4cnc(C)nc4)cc13)CCCCCOC(=O)NC[C@@]13C[C@@H](C(=O)Nc4nc(C(F)(F)F)ccc4C)N(C(=O)C2)C1C3C. The van der Waals surface area contributed by atoms with Crippen molar-refractivity contribution in [2.45, 2.75) is 84.6 Å². The zero-order chi connectivity index (χ0) is 37.8. The monoisotopic (exact) mass is 732 g/mol. The molecular formula is C37H39F3N8O5. The zero-order valence-corrected chi connectivity index (χ0v) is 29.7. The minimum absolute atomic E-state index is 0.125. The smallest absolute Gasteiger partial charge is 0.433 e. The predicted octanol–water partition coefficient (Wildman–Crippen LogP) is 5.42. The molecular weight excluding hydrogens is 693 g/mol. The van der Waals surface area contributed by atoms with Crippen LogP contribution in [0.2, 0.25) is 0 Å². The number of ketones is 1. The molecule has 1 saturated carbocycles. The predicted molar refractivity (Wildman–Crippen MR) is 186 cm³/mol. The molecule has 1 aromatic carbocycles. The Kier molecular flexibility index (Phi) is 9.18. The summed E-state index contributed by atoms with van der Waals surface area (Å²) in [6, 6.07) is 4.30. The minimum Gasteiger partial charge on any atom is -0.450 e. The number of anilines is 1. The Labute approximate surface area is 302 Å². The Morgan fingerprint density at radius 2 is 1.81 bits per heavy atom. The summed E-state index contributed by atoms with van der Waals surface area (Å²) in [5.41, 5.74) is 1.61. The summed E-state index contributed by atoms with van der Waals surface area (Å²) in [5, 5.41) is 10.6. The van der Waals surface area contributed by atoms with E-state index < -0.39 is 47.3 Å². The van der Waals surface area contributed by atoms with Gasteiger partial charge in [-0.05, 0) is 86.8 Å². The first-order valence-electron chi connectivity index (χ1n) is 17.6. The van der Waals surface area contributed by atoms with Gasteiger partial charge in [-0.1, -0.05) is 13.0 Å². The van der Waals surface area contributed by atoms with Crippen molar-refractivity contribution in [3.63, 3.8) is 0 Å². The van der Waals surface area contributed by atoms with Gasteiger partial charge in [0.1, 0.15) is 35.6 Å². The van der Waals surface area contributed by atoms with Crippen LogP contribution >= 0.6 is 0 Å². The van der Waals surface area contributed by atoms with Crippen molar-refractivity contribution < 1.29 is 37.1 Å². The second-order valence-corrected chi connectivity index (χ2v) is 14.2. The van der Waals surface area contributed by atoms with E-state index in [1.54, 1.807) is 19.3 Å². The normalized spacial score (nSPS) is 23.5. The molecule has 0 radical (unpaired) electrons. The van der Waals surface area contributed by atoms with E-state index in [1.807, 2.05) is 19.1 Å². The number of nitrogens with zero attached hydrogens (tertiary/aromatic N) is 6. The number of benzene rings is 1. The van der Waals surface area contributed by atoms with E-state index in [1.165, 1.54) is 29.5 Å². The highest BCUT2D eigenvalue weighted by Gasteiger charge is 2.72. The quantitative estimate of drug-likeness (QED) is 0.261. The van der Waals surface area contributed by atoms with Crippen LogP contribution in [0.4, 0.5) is 23.8 Å². The van der Waals surface area contributed by atoms with Crippen molar-refractivity contribution >= 4 is 40.4 Å². The number of aryl methyl sites for hydroxylation is 3. The van der Waals surface area contributed by atoms with E-state index in [0.29, 0.717) is 41.6 Å². The molecule has 2 N–H and O–H groups in total. The standard InChI is InChI=1S/C37H39F3N8O5/c1-19-9-10-28(37(38,39)40)44-33(19)45-34(51)27-14-36-18-43-35(52)53-11-7-5-6-8-23-12-24(25-15-41-22(4)42-16-25)13-26-30(21(3)49)46-47(31(23)26)17-29(50)48(27)32(36)20(36)2/h9-10,12-13,15-16,20,27,32H,5-8,11,14,17-18H2,1-4H3,(H,43,52)(H,44,45,51)/t20?,27-,32?,36+/m0/s1. The molecule has 3 aromatic heterocycles. The molecule has 2 aliphatic heterocycles. The molecule has 2 fully saturated rings. The number of carbonyl (C=O) groups is 4.